The van der Waals surface area contributed by atoms with Crippen LogP contribution in [-0.4, -0.2) is 21.3 Å². The van der Waals surface area contributed by atoms with Gasteiger partial charge in [0.25, 0.3) is 0 Å². The largest absolute Gasteiger partial charge is 0.296 e. The molecular formula is C9H6N6O. The quantitative estimate of drug-likeness (QED) is 0.338. The maximum Gasteiger partial charge on any atom is 0.172 e. The second-order valence-electron chi connectivity index (χ2n) is 2.85. The summed E-state index contributed by atoms with van der Waals surface area (Å²) in [5, 5.41) is 10.8. The molecule has 0 fully saturated rings. The number of para-hydroxylation sites is 1. The smallest absolute Gasteiger partial charge is 0.172 e. The Kier molecular flexibility index (Phi) is 2.62. The summed E-state index contributed by atoms with van der Waals surface area (Å²) in [7, 11) is 0. The van der Waals surface area contributed by atoms with E-state index < -0.39 is 0 Å². The van der Waals surface area contributed by atoms with Gasteiger partial charge in [0.2, 0.25) is 0 Å². The van der Waals surface area contributed by atoms with Gasteiger partial charge in [0, 0.05) is 4.91 Å². The maximum atomic E-state index is 10.6. The molecule has 78 valence electrons. The molecule has 7 nitrogen and oxygen atoms in total. The van der Waals surface area contributed by atoms with Gasteiger partial charge in [0.1, 0.15) is 0 Å². The average Bonchev–Trinajstić information content (AvgIpc) is 2.74. The third-order valence-corrected chi connectivity index (χ3v) is 1.92. The van der Waals surface area contributed by atoms with Crippen molar-refractivity contribution in [2.75, 3.05) is 0 Å². The number of carbonyl (C=O) groups is 1. The van der Waals surface area contributed by atoms with Gasteiger partial charge in [-0.05, 0) is 22.8 Å². The highest BCUT2D eigenvalue weighted by atomic mass is 16.1. The molecule has 0 aliphatic carbocycles. The number of aldehydes is 1. The summed E-state index contributed by atoms with van der Waals surface area (Å²) in [5.74, 6) is 0.0868. The van der Waals surface area contributed by atoms with Crippen LogP contribution in [-0.2, 0) is 0 Å². The number of hydrogen-bond donors (Lipinski definition) is 0. The Morgan fingerprint density at radius 1 is 1.38 bits per heavy atom. The van der Waals surface area contributed by atoms with E-state index >= 15 is 0 Å². The monoisotopic (exact) mass is 214 g/mol. The maximum absolute atomic E-state index is 10.6. The highest BCUT2D eigenvalue weighted by molar-refractivity contribution is 5.78. The van der Waals surface area contributed by atoms with Crippen LogP contribution in [0.15, 0.2) is 35.4 Å². The van der Waals surface area contributed by atoms with E-state index in [1.54, 1.807) is 24.3 Å². The molecule has 0 atom stereocenters. The molecule has 0 saturated carbocycles. The average molecular weight is 214 g/mol. The highest BCUT2D eigenvalue weighted by Crippen LogP contribution is 2.19. The predicted molar refractivity (Wildman–Crippen MR) is 55.6 cm³/mol. The van der Waals surface area contributed by atoms with E-state index in [2.05, 4.69) is 20.3 Å². The Labute approximate surface area is 89.9 Å². The minimum atomic E-state index is 0.0154. The van der Waals surface area contributed by atoms with E-state index in [1.807, 2.05) is 6.07 Å². The zero-order valence-electron chi connectivity index (χ0n) is 8.06. The van der Waals surface area contributed by atoms with E-state index in [9.17, 15) is 4.79 Å². The standard InChI is InChI=1S/C9H6N6O/c10-13-12-9-8(6-16)11-14-15(9)7-4-2-1-3-5-7/h1-6H. The van der Waals surface area contributed by atoms with Crippen molar-refractivity contribution in [1.82, 2.24) is 15.0 Å². The van der Waals surface area contributed by atoms with Crippen molar-refractivity contribution in [3.8, 4) is 5.69 Å². The van der Waals surface area contributed by atoms with E-state index in [0.717, 1.165) is 0 Å². The number of nitrogens with zero attached hydrogens (tertiary/aromatic N) is 6. The third-order valence-electron chi connectivity index (χ3n) is 1.92. The number of benzene rings is 1. The molecular weight excluding hydrogens is 208 g/mol. The lowest BCUT2D eigenvalue weighted by Gasteiger charge is -2.00. The summed E-state index contributed by atoms with van der Waals surface area (Å²) < 4.78 is 1.31. The van der Waals surface area contributed by atoms with Crippen LogP contribution in [0, 0.1) is 0 Å². The number of azide groups is 1. The van der Waals surface area contributed by atoms with Crippen LogP contribution in [0.25, 0.3) is 16.1 Å². The number of rotatable bonds is 3. The molecule has 0 amide bonds. The van der Waals surface area contributed by atoms with Crippen molar-refractivity contribution in [3.63, 3.8) is 0 Å². The molecule has 0 bridgehead atoms. The first-order valence-corrected chi connectivity index (χ1v) is 4.38. The van der Waals surface area contributed by atoms with E-state index in [4.69, 9.17) is 5.53 Å². The molecule has 0 unspecified atom stereocenters. The molecule has 1 aromatic carbocycles. The van der Waals surface area contributed by atoms with Gasteiger partial charge in [-0.1, -0.05) is 23.4 Å². The second-order valence-corrected chi connectivity index (χ2v) is 2.85. The zero-order valence-corrected chi connectivity index (χ0v) is 8.06. The Balaban J connectivity index is 2.62. The fraction of sp³-hybridized carbons (Fsp3) is 0. The zero-order chi connectivity index (χ0) is 11.4. The van der Waals surface area contributed by atoms with E-state index in [-0.39, 0.29) is 11.5 Å². The van der Waals surface area contributed by atoms with Gasteiger partial charge >= 0.3 is 0 Å². The van der Waals surface area contributed by atoms with Gasteiger partial charge in [-0.15, -0.1) is 5.10 Å². The molecule has 0 radical (unpaired) electrons. The van der Waals surface area contributed by atoms with Crippen molar-refractivity contribution >= 4 is 12.1 Å². The van der Waals surface area contributed by atoms with Crippen molar-refractivity contribution in [3.05, 3.63) is 46.5 Å². The molecule has 16 heavy (non-hydrogen) atoms. The summed E-state index contributed by atoms with van der Waals surface area (Å²) in [4.78, 5) is 13.3. The van der Waals surface area contributed by atoms with E-state index in [0.29, 0.717) is 12.0 Å². The molecule has 7 heteroatoms. The van der Waals surface area contributed by atoms with Crippen LogP contribution in [0.2, 0.25) is 0 Å². The first-order chi connectivity index (χ1) is 7.86. The minimum absolute atomic E-state index is 0.0154. The predicted octanol–water partition coefficient (Wildman–Crippen LogP) is 2.02. The fourth-order valence-electron chi connectivity index (χ4n) is 1.24. The normalized spacial score (nSPS) is 9.50. The van der Waals surface area contributed by atoms with Gasteiger partial charge in [0.15, 0.2) is 17.8 Å². The van der Waals surface area contributed by atoms with Crippen LogP contribution in [0.3, 0.4) is 0 Å². The molecule has 0 saturated heterocycles. The van der Waals surface area contributed by atoms with Gasteiger partial charge in [0.05, 0.1) is 5.69 Å². The Morgan fingerprint density at radius 3 is 2.75 bits per heavy atom. The second kappa shape index (κ2) is 4.24. The third kappa shape index (κ3) is 1.62. The lowest BCUT2D eigenvalue weighted by Crippen LogP contribution is -1.95. The Morgan fingerprint density at radius 2 is 2.12 bits per heavy atom. The van der Waals surface area contributed by atoms with Crippen LogP contribution in [0.4, 0.5) is 5.82 Å². The Hall–Kier alpha value is -2.66. The summed E-state index contributed by atoms with van der Waals surface area (Å²) >= 11 is 0. The highest BCUT2D eigenvalue weighted by Gasteiger charge is 2.11. The first-order valence-electron chi connectivity index (χ1n) is 4.38. The van der Waals surface area contributed by atoms with Crippen molar-refractivity contribution in [1.29, 1.82) is 0 Å². The number of aromatic nitrogens is 3. The molecule has 0 aliphatic heterocycles. The summed E-state index contributed by atoms with van der Waals surface area (Å²) in [6.45, 7) is 0. The topological polar surface area (TPSA) is 96.5 Å². The summed E-state index contributed by atoms with van der Waals surface area (Å²) in [6.07, 6.45) is 0.496. The number of carbonyl (C=O) groups excluding carboxylic acids is 1. The summed E-state index contributed by atoms with van der Waals surface area (Å²) in [5.41, 5.74) is 9.09. The molecule has 1 heterocycles. The fourth-order valence-corrected chi connectivity index (χ4v) is 1.24. The van der Waals surface area contributed by atoms with Crippen LogP contribution >= 0.6 is 0 Å². The lowest BCUT2D eigenvalue weighted by atomic mass is 10.3. The molecule has 2 aromatic rings. The van der Waals surface area contributed by atoms with Crippen LogP contribution < -0.4 is 0 Å². The SMILES string of the molecule is [N-]=[N+]=Nc1c(C=O)nnn1-c1ccccc1. The lowest BCUT2D eigenvalue weighted by molar-refractivity contribution is 0.111. The molecule has 0 N–H and O–H groups in total. The Bertz CT molecular complexity index is 555. The van der Waals surface area contributed by atoms with Crippen molar-refractivity contribution < 1.29 is 4.79 Å². The van der Waals surface area contributed by atoms with Gasteiger partial charge in [-0.2, -0.15) is 0 Å². The van der Waals surface area contributed by atoms with Crippen LogP contribution in [0.5, 0.6) is 0 Å². The molecule has 1 aromatic heterocycles. The van der Waals surface area contributed by atoms with Crippen LogP contribution in [0.1, 0.15) is 10.5 Å². The minimum Gasteiger partial charge on any atom is -0.296 e. The van der Waals surface area contributed by atoms with Crippen molar-refractivity contribution in [2.45, 2.75) is 0 Å². The van der Waals surface area contributed by atoms with Crippen molar-refractivity contribution in [2.24, 2.45) is 5.11 Å². The van der Waals surface area contributed by atoms with E-state index in [1.165, 1.54) is 4.68 Å². The molecule has 2 rings (SSSR count). The van der Waals surface area contributed by atoms with Gasteiger partial charge < -0.3 is 0 Å². The number of hydrogen-bond acceptors (Lipinski definition) is 4. The molecule has 0 aliphatic rings. The summed E-state index contributed by atoms with van der Waals surface area (Å²) in [6, 6.07) is 8.97. The van der Waals surface area contributed by atoms with Gasteiger partial charge in [-0.3, -0.25) is 4.79 Å². The molecule has 0 spiro atoms. The first kappa shape index (κ1) is 9.88. The van der Waals surface area contributed by atoms with Gasteiger partial charge in [-0.25, -0.2) is 4.68 Å².